The summed E-state index contributed by atoms with van der Waals surface area (Å²) in [4.78, 5) is 34.2. The minimum atomic E-state index is -4.78. The molecule has 10 nitrogen and oxygen atoms in total. The molecule has 0 atom stereocenters. The molecule has 0 saturated heterocycles. The van der Waals surface area contributed by atoms with E-state index in [0.29, 0.717) is 22.6 Å². The van der Waals surface area contributed by atoms with Crippen LogP contribution in [0.1, 0.15) is 47.1 Å². The van der Waals surface area contributed by atoms with Gasteiger partial charge in [0.25, 0.3) is 0 Å². The van der Waals surface area contributed by atoms with Crippen LogP contribution in [0, 0.1) is 0 Å². The number of carbonyl (C=O) groups excluding carboxylic acids is 2. The number of hydrogen-bond donors (Lipinski definition) is 0. The van der Waals surface area contributed by atoms with Crippen LogP contribution in [0.3, 0.4) is 0 Å². The molecule has 1 aromatic heterocycles. The third-order valence-corrected chi connectivity index (χ3v) is 4.54. The zero-order valence-electron chi connectivity index (χ0n) is 22.3. The first kappa shape index (κ1) is 29.3. The fraction of sp³-hybridized carbons (Fsp3) is 0.385. The van der Waals surface area contributed by atoms with Crippen LogP contribution in [0.2, 0.25) is 0 Å². The first-order valence-corrected chi connectivity index (χ1v) is 11.8. The summed E-state index contributed by atoms with van der Waals surface area (Å²) in [6.07, 6.45) is -5.29. The summed E-state index contributed by atoms with van der Waals surface area (Å²) in [6, 6.07) is 12.0. The smallest absolute Gasteiger partial charge is 0.442 e. The Morgan fingerprint density at radius 2 is 1.46 bits per heavy atom. The van der Waals surface area contributed by atoms with Gasteiger partial charge in [0, 0.05) is 5.56 Å². The van der Waals surface area contributed by atoms with E-state index < -0.39 is 29.8 Å². The molecule has 0 spiro atoms. The Hall–Kier alpha value is -4.29. The molecule has 3 aromatic rings. The third kappa shape index (κ3) is 9.51. The second-order valence-electron chi connectivity index (χ2n) is 10.3. The number of rotatable bonds is 5. The monoisotopic (exact) mass is 550 g/mol. The van der Waals surface area contributed by atoms with Crippen LogP contribution in [-0.4, -0.2) is 49.6 Å². The van der Waals surface area contributed by atoms with E-state index in [-0.39, 0.29) is 12.3 Å². The Labute approximate surface area is 223 Å². The second kappa shape index (κ2) is 11.2. The molecule has 13 heteroatoms. The van der Waals surface area contributed by atoms with Crippen molar-refractivity contribution < 1.29 is 41.8 Å². The molecule has 210 valence electrons. The molecule has 0 radical (unpaired) electrons. The lowest BCUT2D eigenvalue weighted by Crippen LogP contribution is -2.39. The van der Waals surface area contributed by atoms with Crippen molar-refractivity contribution in [3.63, 3.8) is 0 Å². The van der Waals surface area contributed by atoms with Crippen molar-refractivity contribution in [1.82, 2.24) is 19.8 Å². The first-order chi connectivity index (χ1) is 18.0. The van der Waals surface area contributed by atoms with Crippen molar-refractivity contribution in [3.05, 3.63) is 60.4 Å². The van der Waals surface area contributed by atoms with Crippen LogP contribution in [-0.2, 0) is 20.9 Å². The van der Waals surface area contributed by atoms with E-state index in [1.165, 1.54) is 35.3 Å². The van der Waals surface area contributed by atoms with Crippen molar-refractivity contribution in [2.45, 2.75) is 65.7 Å². The molecule has 0 aliphatic rings. The number of ether oxygens (including phenoxy) is 3. The standard InChI is InChI=1S/C26H29F3N4O6/c1-24(2,3)37-22(34)33(39-23(35)38-25(4,5)6)15-17-7-9-18(10-8-17)21-30-16-32(31-21)19-11-13-20(14-12-19)36-26(27,28)29/h7-14,16H,15H2,1-6H3. The number of halogens is 3. The summed E-state index contributed by atoms with van der Waals surface area (Å²) < 4.78 is 52.9. The highest BCUT2D eigenvalue weighted by atomic mass is 19.4. The van der Waals surface area contributed by atoms with Crippen LogP contribution in [0.15, 0.2) is 54.9 Å². The Morgan fingerprint density at radius 1 is 0.872 bits per heavy atom. The Kier molecular flexibility index (Phi) is 8.42. The van der Waals surface area contributed by atoms with Gasteiger partial charge in [-0.2, -0.15) is 0 Å². The molecule has 0 aliphatic heterocycles. The van der Waals surface area contributed by atoms with Gasteiger partial charge in [-0.25, -0.2) is 19.3 Å². The van der Waals surface area contributed by atoms with E-state index in [0.717, 1.165) is 5.06 Å². The van der Waals surface area contributed by atoms with E-state index in [9.17, 15) is 22.8 Å². The Morgan fingerprint density at radius 3 is 2.00 bits per heavy atom. The van der Waals surface area contributed by atoms with Gasteiger partial charge >= 0.3 is 18.6 Å². The molecule has 0 bridgehead atoms. The van der Waals surface area contributed by atoms with Gasteiger partial charge in [0.15, 0.2) is 5.82 Å². The van der Waals surface area contributed by atoms with Crippen molar-refractivity contribution >= 4 is 12.2 Å². The molecule has 1 heterocycles. The Bertz CT molecular complexity index is 1280. The predicted molar refractivity (Wildman–Crippen MR) is 133 cm³/mol. The number of hydroxylamine groups is 2. The van der Waals surface area contributed by atoms with Gasteiger partial charge in [-0.1, -0.05) is 24.3 Å². The van der Waals surface area contributed by atoms with Gasteiger partial charge < -0.3 is 14.2 Å². The van der Waals surface area contributed by atoms with Crippen LogP contribution in [0.5, 0.6) is 5.75 Å². The summed E-state index contributed by atoms with van der Waals surface area (Å²) in [5.41, 5.74) is 0.0618. The SMILES string of the molecule is CC(C)(C)OC(=O)ON(Cc1ccc(-c2ncn(-c3ccc(OC(F)(F)F)cc3)n2)cc1)C(=O)OC(C)(C)C. The van der Waals surface area contributed by atoms with E-state index in [4.69, 9.17) is 14.3 Å². The van der Waals surface area contributed by atoms with E-state index in [1.807, 2.05) is 0 Å². The first-order valence-electron chi connectivity index (χ1n) is 11.8. The molecule has 0 N–H and O–H groups in total. The molecule has 0 unspecified atom stereocenters. The molecule has 0 fully saturated rings. The highest BCUT2D eigenvalue weighted by Crippen LogP contribution is 2.24. The van der Waals surface area contributed by atoms with Crippen LogP contribution in [0.4, 0.5) is 22.8 Å². The minimum absolute atomic E-state index is 0.122. The number of alkyl halides is 3. The summed E-state index contributed by atoms with van der Waals surface area (Å²) in [6.45, 7) is 9.92. The predicted octanol–water partition coefficient (Wildman–Crippen LogP) is 6.44. The van der Waals surface area contributed by atoms with Crippen molar-refractivity contribution in [3.8, 4) is 22.8 Å². The largest absolute Gasteiger partial charge is 0.573 e. The van der Waals surface area contributed by atoms with Gasteiger partial charge in [-0.15, -0.1) is 23.3 Å². The van der Waals surface area contributed by atoms with Crippen molar-refractivity contribution in [2.75, 3.05) is 0 Å². The number of carbonyl (C=O) groups is 2. The van der Waals surface area contributed by atoms with E-state index in [1.54, 1.807) is 65.8 Å². The van der Waals surface area contributed by atoms with Gasteiger partial charge in [-0.3, -0.25) is 4.84 Å². The van der Waals surface area contributed by atoms with Gasteiger partial charge in [0.2, 0.25) is 0 Å². The average molecular weight is 551 g/mol. The van der Waals surface area contributed by atoms with Crippen LogP contribution in [0.25, 0.3) is 17.1 Å². The number of benzene rings is 2. The van der Waals surface area contributed by atoms with Crippen LogP contribution >= 0.6 is 0 Å². The molecule has 1 amide bonds. The zero-order chi connectivity index (χ0) is 29.0. The number of aromatic nitrogens is 3. The van der Waals surface area contributed by atoms with Crippen molar-refractivity contribution in [1.29, 1.82) is 0 Å². The fourth-order valence-corrected chi connectivity index (χ4v) is 3.05. The number of amides is 1. The molecule has 39 heavy (non-hydrogen) atoms. The zero-order valence-corrected chi connectivity index (χ0v) is 22.3. The molecular formula is C26H29F3N4O6. The highest BCUT2D eigenvalue weighted by Gasteiger charge is 2.31. The topological polar surface area (TPSA) is 105 Å². The maximum atomic E-state index is 12.7. The maximum absolute atomic E-state index is 12.7. The lowest BCUT2D eigenvalue weighted by Gasteiger charge is -2.27. The summed E-state index contributed by atoms with van der Waals surface area (Å²) >= 11 is 0. The second-order valence-corrected chi connectivity index (χ2v) is 10.3. The highest BCUT2D eigenvalue weighted by molar-refractivity contribution is 5.70. The molecule has 2 aromatic carbocycles. The fourth-order valence-electron chi connectivity index (χ4n) is 3.05. The Balaban J connectivity index is 1.72. The van der Waals surface area contributed by atoms with Gasteiger partial charge in [0.05, 0.1) is 12.2 Å². The maximum Gasteiger partial charge on any atom is 0.573 e. The van der Waals surface area contributed by atoms with Crippen molar-refractivity contribution in [2.24, 2.45) is 0 Å². The molecular weight excluding hydrogens is 521 g/mol. The normalized spacial score (nSPS) is 12.0. The number of nitrogens with zero attached hydrogens (tertiary/aromatic N) is 4. The molecule has 3 rings (SSSR count). The lowest BCUT2D eigenvalue weighted by atomic mass is 10.1. The molecule has 0 saturated carbocycles. The summed E-state index contributed by atoms with van der Waals surface area (Å²) in [7, 11) is 0. The number of hydrogen-bond acceptors (Lipinski definition) is 8. The van der Waals surface area contributed by atoms with E-state index >= 15 is 0 Å². The van der Waals surface area contributed by atoms with Gasteiger partial charge in [-0.05, 0) is 71.4 Å². The minimum Gasteiger partial charge on any atom is -0.442 e. The van der Waals surface area contributed by atoms with E-state index in [2.05, 4.69) is 14.8 Å². The summed E-state index contributed by atoms with van der Waals surface area (Å²) in [5.74, 6) is 0.00410. The summed E-state index contributed by atoms with van der Waals surface area (Å²) in [5, 5.41) is 5.13. The third-order valence-electron chi connectivity index (χ3n) is 4.54. The lowest BCUT2D eigenvalue weighted by molar-refractivity contribution is -0.274. The van der Waals surface area contributed by atoms with Crippen LogP contribution < -0.4 is 4.74 Å². The molecule has 0 aliphatic carbocycles. The average Bonchev–Trinajstić information content (AvgIpc) is 3.26. The van der Waals surface area contributed by atoms with Gasteiger partial charge in [0.1, 0.15) is 23.3 Å². The quantitative estimate of drug-likeness (QED) is 0.264.